The maximum atomic E-state index is 5.09. The Morgan fingerprint density at radius 2 is 2.26 bits per heavy atom. The summed E-state index contributed by atoms with van der Waals surface area (Å²) in [6.07, 6.45) is 3.13. The number of rotatable bonds is 3. The first kappa shape index (κ1) is 14.3. The van der Waals surface area contributed by atoms with Gasteiger partial charge in [0.15, 0.2) is 0 Å². The van der Waals surface area contributed by atoms with Crippen LogP contribution in [0.25, 0.3) is 0 Å². The van der Waals surface area contributed by atoms with E-state index in [4.69, 9.17) is 4.74 Å². The van der Waals surface area contributed by atoms with Crippen molar-refractivity contribution in [1.29, 1.82) is 0 Å². The summed E-state index contributed by atoms with van der Waals surface area (Å²) in [5, 5.41) is 3.58. The van der Waals surface area contributed by atoms with E-state index in [1.54, 1.807) is 7.11 Å². The Kier molecular flexibility index (Phi) is 5.16. The van der Waals surface area contributed by atoms with Crippen LogP contribution in [0.5, 0.6) is 5.88 Å². The van der Waals surface area contributed by atoms with Crippen molar-refractivity contribution in [3.63, 3.8) is 0 Å². The number of ether oxygens (including phenoxy) is 1. The zero-order chi connectivity index (χ0) is 13.7. The van der Waals surface area contributed by atoms with Gasteiger partial charge in [0, 0.05) is 31.4 Å². The predicted octanol–water partition coefficient (Wildman–Crippen LogP) is 1.91. The summed E-state index contributed by atoms with van der Waals surface area (Å²) in [4.78, 5) is 6.81. The first-order valence-corrected chi connectivity index (χ1v) is 7.12. The van der Waals surface area contributed by atoms with Crippen molar-refractivity contribution >= 4 is 0 Å². The van der Waals surface area contributed by atoms with Gasteiger partial charge in [-0.15, -0.1) is 0 Å². The third-order valence-corrected chi connectivity index (χ3v) is 3.68. The van der Waals surface area contributed by atoms with Crippen LogP contribution in [0.1, 0.15) is 25.8 Å². The average molecular weight is 263 g/mol. The molecule has 2 heterocycles. The lowest BCUT2D eigenvalue weighted by Gasteiger charge is -2.31. The normalized spacial score (nSPS) is 25.6. The molecule has 0 aromatic carbocycles. The van der Waals surface area contributed by atoms with Gasteiger partial charge in [0.1, 0.15) is 0 Å². The number of nitrogens with one attached hydrogen (secondary N) is 1. The molecule has 1 aromatic heterocycles. The molecule has 4 nitrogen and oxygen atoms in total. The number of methoxy groups -OCH3 is 1. The van der Waals surface area contributed by atoms with E-state index in [1.165, 1.54) is 12.0 Å². The standard InChI is InChI=1S/C15H25N3O/c1-12-8-16-13(2)6-7-18(10-12)11-14-4-5-15(19-3)17-9-14/h4-5,9,12-13,16H,6-8,10-11H2,1-3H3. The van der Waals surface area contributed by atoms with Crippen molar-refractivity contribution in [2.75, 3.05) is 26.7 Å². The fourth-order valence-corrected chi connectivity index (χ4v) is 2.50. The second kappa shape index (κ2) is 6.87. The lowest BCUT2D eigenvalue weighted by Crippen LogP contribution is -2.42. The summed E-state index contributed by atoms with van der Waals surface area (Å²) >= 11 is 0. The van der Waals surface area contributed by atoms with E-state index in [9.17, 15) is 0 Å². The molecular weight excluding hydrogens is 238 g/mol. The molecule has 2 rings (SSSR count). The number of hydrogen-bond acceptors (Lipinski definition) is 4. The van der Waals surface area contributed by atoms with E-state index >= 15 is 0 Å². The highest BCUT2D eigenvalue weighted by atomic mass is 16.5. The molecule has 0 spiro atoms. The Bertz CT molecular complexity index is 379. The lowest BCUT2D eigenvalue weighted by atomic mass is 10.1. The molecule has 1 aromatic rings. The molecule has 0 bridgehead atoms. The Morgan fingerprint density at radius 1 is 1.42 bits per heavy atom. The van der Waals surface area contributed by atoms with E-state index in [-0.39, 0.29) is 0 Å². The zero-order valence-corrected chi connectivity index (χ0v) is 12.2. The summed E-state index contributed by atoms with van der Waals surface area (Å²) < 4.78 is 5.09. The molecule has 1 fully saturated rings. The predicted molar refractivity (Wildman–Crippen MR) is 77.3 cm³/mol. The van der Waals surface area contributed by atoms with Crippen LogP contribution in [-0.2, 0) is 6.54 Å². The van der Waals surface area contributed by atoms with Gasteiger partial charge in [-0.05, 0) is 37.9 Å². The smallest absolute Gasteiger partial charge is 0.212 e. The molecule has 1 N–H and O–H groups in total. The Hall–Kier alpha value is -1.13. The Labute approximate surface area is 116 Å². The van der Waals surface area contributed by atoms with E-state index in [2.05, 4.69) is 35.1 Å². The number of pyridine rings is 1. The zero-order valence-electron chi connectivity index (χ0n) is 12.2. The summed E-state index contributed by atoms with van der Waals surface area (Å²) in [7, 11) is 1.65. The third-order valence-electron chi connectivity index (χ3n) is 3.68. The summed E-state index contributed by atoms with van der Waals surface area (Å²) in [6.45, 7) is 8.96. The van der Waals surface area contributed by atoms with Crippen LogP contribution in [-0.4, -0.2) is 42.7 Å². The third kappa shape index (κ3) is 4.48. The van der Waals surface area contributed by atoms with Crippen molar-refractivity contribution < 1.29 is 4.74 Å². The van der Waals surface area contributed by atoms with Gasteiger partial charge in [-0.1, -0.05) is 13.0 Å². The first-order chi connectivity index (χ1) is 9.17. The molecule has 1 saturated heterocycles. The maximum absolute atomic E-state index is 5.09. The molecule has 0 saturated carbocycles. The molecule has 1 aliphatic heterocycles. The summed E-state index contributed by atoms with van der Waals surface area (Å²) in [6, 6.07) is 4.66. The van der Waals surface area contributed by atoms with E-state index in [0.29, 0.717) is 17.8 Å². The van der Waals surface area contributed by atoms with Gasteiger partial charge in [0.25, 0.3) is 0 Å². The Morgan fingerprint density at radius 3 is 2.95 bits per heavy atom. The molecule has 0 aliphatic carbocycles. The summed E-state index contributed by atoms with van der Waals surface area (Å²) in [5.41, 5.74) is 1.26. The minimum absolute atomic E-state index is 0.610. The van der Waals surface area contributed by atoms with Crippen LogP contribution in [0.2, 0.25) is 0 Å². The molecule has 2 unspecified atom stereocenters. The number of aromatic nitrogens is 1. The van der Waals surface area contributed by atoms with Gasteiger partial charge in [0.2, 0.25) is 5.88 Å². The molecule has 106 valence electrons. The van der Waals surface area contributed by atoms with Crippen LogP contribution < -0.4 is 10.1 Å². The maximum Gasteiger partial charge on any atom is 0.212 e. The highest BCUT2D eigenvalue weighted by Gasteiger charge is 2.16. The van der Waals surface area contributed by atoms with Crippen LogP contribution >= 0.6 is 0 Å². The van der Waals surface area contributed by atoms with Crippen molar-refractivity contribution in [1.82, 2.24) is 15.2 Å². The van der Waals surface area contributed by atoms with Crippen molar-refractivity contribution in [2.24, 2.45) is 5.92 Å². The van der Waals surface area contributed by atoms with E-state index < -0.39 is 0 Å². The molecule has 0 radical (unpaired) electrons. The molecule has 2 atom stereocenters. The van der Waals surface area contributed by atoms with Gasteiger partial charge >= 0.3 is 0 Å². The van der Waals surface area contributed by atoms with Gasteiger partial charge in [-0.25, -0.2) is 4.98 Å². The highest BCUT2D eigenvalue weighted by molar-refractivity contribution is 5.17. The number of hydrogen-bond donors (Lipinski definition) is 1. The van der Waals surface area contributed by atoms with Gasteiger partial charge in [-0.2, -0.15) is 0 Å². The second-order valence-corrected chi connectivity index (χ2v) is 5.65. The monoisotopic (exact) mass is 263 g/mol. The average Bonchev–Trinajstić information content (AvgIpc) is 2.42. The van der Waals surface area contributed by atoms with Gasteiger partial charge in [-0.3, -0.25) is 4.90 Å². The minimum Gasteiger partial charge on any atom is -0.481 e. The van der Waals surface area contributed by atoms with Gasteiger partial charge < -0.3 is 10.1 Å². The highest BCUT2D eigenvalue weighted by Crippen LogP contribution is 2.13. The SMILES string of the molecule is COc1ccc(CN2CCC(C)NCC(C)C2)cn1. The fourth-order valence-electron chi connectivity index (χ4n) is 2.50. The van der Waals surface area contributed by atoms with E-state index in [1.807, 2.05) is 12.3 Å². The first-order valence-electron chi connectivity index (χ1n) is 7.12. The van der Waals surface area contributed by atoms with Gasteiger partial charge in [0.05, 0.1) is 7.11 Å². The van der Waals surface area contributed by atoms with Crippen LogP contribution in [0, 0.1) is 5.92 Å². The topological polar surface area (TPSA) is 37.4 Å². The van der Waals surface area contributed by atoms with Crippen molar-refractivity contribution in [3.05, 3.63) is 23.9 Å². The van der Waals surface area contributed by atoms with Crippen LogP contribution in [0.15, 0.2) is 18.3 Å². The largest absolute Gasteiger partial charge is 0.481 e. The molecule has 1 aliphatic rings. The molecule has 4 heteroatoms. The Balaban J connectivity index is 1.95. The van der Waals surface area contributed by atoms with Crippen LogP contribution in [0.4, 0.5) is 0 Å². The van der Waals surface area contributed by atoms with E-state index in [0.717, 1.165) is 26.2 Å². The quantitative estimate of drug-likeness (QED) is 0.904. The lowest BCUT2D eigenvalue weighted by molar-refractivity contribution is 0.194. The van der Waals surface area contributed by atoms with Crippen molar-refractivity contribution in [2.45, 2.75) is 32.9 Å². The molecule has 0 amide bonds. The summed E-state index contributed by atoms with van der Waals surface area (Å²) in [5.74, 6) is 1.37. The minimum atomic E-state index is 0.610. The molecule has 19 heavy (non-hydrogen) atoms. The van der Waals surface area contributed by atoms with Crippen molar-refractivity contribution in [3.8, 4) is 5.88 Å². The number of nitrogens with zero attached hydrogens (tertiary/aromatic N) is 2. The second-order valence-electron chi connectivity index (χ2n) is 5.65. The fraction of sp³-hybridized carbons (Fsp3) is 0.667. The van der Waals surface area contributed by atoms with Crippen LogP contribution in [0.3, 0.4) is 0 Å². The molecular formula is C15H25N3O.